The summed E-state index contributed by atoms with van der Waals surface area (Å²) in [5.41, 5.74) is 3.97. The van der Waals surface area contributed by atoms with Crippen LogP contribution < -0.4 is 4.74 Å². The van der Waals surface area contributed by atoms with Gasteiger partial charge in [-0.05, 0) is 38.1 Å². The highest BCUT2D eigenvalue weighted by Crippen LogP contribution is 2.26. The summed E-state index contributed by atoms with van der Waals surface area (Å²) in [4.78, 5) is 24.8. The highest BCUT2D eigenvalue weighted by Gasteiger charge is 2.24. The third-order valence-electron chi connectivity index (χ3n) is 4.48. The lowest BCUT2D eigenvalue weighted by atomic mass is 9.98. The zero-order valence-electron chi connectivity index (χ0n) is 16.1. The third-order valence-corrected chi connectivity index (χ3v) is 4.48. The number of aryl methyl sites for hydroxylation is 2. The maximum Gasteiger partial charge on any atom is 0.337 e. The third kappa shape index (κ3) is 4.46. The largest absolute Gasteiger partial charge is 0.478 e. The molecule has 28 heavy (non-hydrogen) atoms. The van der Waals surface area contributed by atoms with Crippen molar-refractivity contribution in [2.45, 2.75) is 20.0 Å². The quantitative estimate of drug-likeness (QED) is 0.445. The van der Waals surface area contributed by atoms with Crippen LogP contribution in [0.15, 0.2) is 72.8 Å². The summed E-state index contributed by atoms with van der Waals surface area (Å²) in [6, 6.07) is 21.7. The molecule has 0 heterocycles. The molecule has 0 saturated heterocycles. The van der Waals surface area contributed by atoms with Crippen molar-refractivity contribution in [1.82, 2.24) is 0 Å². The van der Waals surface area contributed by atoms with Crippen LogP contribution in [0.3, 0.4) is 0 Å². The fraction of sp³-hybridized carbons (Fsp3) is 0.167. The lowest BCUT2D eigenvalue weighted by molar-refractivity contribution is 0.0600. The molecule has 142 valence electrons. The molecule has 0 aliphatic heterocycles. The molecule has 0 radical (unpaired) electrons. The number of carbonyl (C=O) groups is 2. The molecule has 4 heteroatoms. The zero-order valence-corrected chi connectivity index (χ0v) is 16.1. The van der Waals surface area contributed by atoms with E-state index in [1.807, 2.05) is 62.4 Å². The van der Waals surface area contributed by atoms with E-state index in [0.717, 1.165) is 16.7 Å². The number of esters is 1. The Hall–Kier alpha value is -3.40. The maximum absolute atomic E-state index is 13.2. The molecule has 0 aromatic heterocycles. The molecule has 3 rings (SSSR count). The Labute approximate surface area is 164 Å². The number of Topliss-reactive ketones (excluding diaryl/α,β-unsaturated/α-hetero) is 1. The molecule has 1 atom stereocenters. The predicted octanol–water partition coefficient (Wildman–Crippen LogP) is 5.09. The minimum absolute atomic E-state index is 0.124. The van der Waals surface area contributed by atoms with Crippen molar-refractivity contribution in [3.63, 3.8) is 0 Å². The Kier molecular flexibility index (Phi) is 5.90. The average Bonchev–Trinajstić information content (AvgIpc) is 2.73. The van der Waals surface area contributed by atoms with Gasteiger partial charge in [0.1, 0.15) is 5.75 Å². The average molecular weight is 374 g/mol. The number of methoxy groups -OCH3 is 1. The van der Waals surface area contributed by atoms with Gasteiger partial charge in [-0.1, -0.05) is 59.7 Å². The van der Waals surface area contributed by atoms with Crippen LogP contribution in [-0.4, -0.2) is 18.9 Å². The Morgan fingerprint density at radius 1 is 0.714 bits per heavy atom. The number of hydrogen-bond acceptors (Lipinski definition) is 4. The van der Waals surface area contributed by atoms with Crippen molar-refractivity contribution in [2.24, 2.45) is 0 Å². The number of ketones is 1. The molecular weight excluding hydrogens is 352 g/mol. The summed E-state index contributed by atoms with van der Waals surface area (Å²) in [6.45, 7) is 3.97. The van der Waals surface area contributed by atoms with Crippen molar-refractivity contribution in [3.8, 4) is 5.75 Å². The standard InChI is InChI=1S/C24H22O4/c1-16-4-8-18(9-5-16)22(25)23(19-10-6-17(2)7-11-19)28-21-14-12-20(13-15-21)24(26)27-3/h4-15,23H,1-3H3/t23-/m1/s1. The number of benzene rings is 3. The van der Waals surface area contributed by atoms with Crippen LogP contribution in [0.4, 0.5) is 0 Å². The van der Waals surface area contributed by atoms with E-state index in [0.29, 0.717) is 16.9 Å². The van der Waals surface area contributed by atoms with Crippen molar-refractivity contribution >= 4 is 11.8 Å². The molecule has 0 unspecified atom stereocenters. The molecule has 0 bridgehead atoms. The number of carbonyl (C=O) groups excluding carboxylic acids is 2. The van der Waals surface area contributed by atoms with Gasteiger partial charge in [0.2, 0.25) is 5.78 Å². The second kappa shape index (κ2) is 8.53. The minimum atomic E-state index is -0.785. The topological polar surface area (TPSA) is 52.6 Å². The smallest absolute Gasteiger partial charge is 0.337 e. The van der Waals surface area contributed by atoms with Crippen molar-refractivity contribution < 1.29 is 19.1 Å². The number of hydrogen-bond donors (Lipinski definition) is 0. The first-order valence-corrected chi connectivity index (χ1v) is 9.00. The van der Waals surface area contributed by atoms with Gasteiger partial charge in [0, 0.05) is 11.1 Å². The van der Waals surface area contributed by atoms with Crippen LogP contribution in [0.5, 0.6) is 5.75 Å². The van der Waals surface area contributed by atoms with Crippen molar-refractivity contribution in [3.05, 3.63) is 101 Å². The van der Waals surface area contributed by atoms with E-state index in [1.54, 1.807) is 24.3 Å². The summed E-state index contributed by atoms with van der Waals surface area (Å²) in [5, 5.41) is 0. The molecule has 3 aromatic rings. The number of rotatable bonds is 6. The molecule has 0 aliphatic carbocycles. The summed E-state index contributed by atoms with van der Waals surface area (Å²) in [6.07, 6.45) is -0.785. The fourth-order valence-corrected chi connectivity index (χ4v) is 2.81. The molecule has 0 saturated carbocycles. The van der Waals surface area contributed by atoms with Gasteiger partial charge in [-0.25, -0.2) is 4.79 Å². The van der Waals surface area contributed by atoms with Crippen LogP contribution >= 0.6 is 0 Å². The lowest BCUT2D eigenvalue weighted by Crippen LogP contribution is -2.19. The van der Waals surface area contributed by atoms with E-state index in [-0.39, 0.29) is 5.78 Å². The molecule has 0 fully saturated rings. The maximum atomic E-state index is 13.2. The van der Waals surface area contributed by atoms with Gasteiger partial charge in [0.05, 0.1) is 12.7 Å². The highest BCUT2D eigenvalue weighted by atomic mass is 16.5. The lowest BCUT2D eigenvalue weighted by Gasteiger charge is -2.19. The van der Waals surface area contributed by atoms with Crippen LogP contribution in [0.1, 0.15) is 43.5 Å². The first-order valence-electron chi connectivity index (χ1n) is 9.00. The zero-order chi connectivity index (χ0) is 20.1. The van der Waals surface area contributed by atoms with E-state index >= 15 is 0 Å². The molecular formula is C24H22O4. The van der Waals surface area contributed by atoms with Gasteiger partial charge in [-0.15, -0.1) is 0 Å². The minimum Gasteiger partial charge on any atom is -0.478 e. The van der Waals surface area contributed by atoms with Crippen LogP contribution in [-0.2, 0) is 4.74 Å². The van der Waals surface area contributed by atoms with Crippen LogP contribution in [0.2, 0.25) is 0 Å². The van der Waals surface area contributed by atoms with Gasteiger partial charge in [-0.2, -0.15) is 0 Å². The molecule has 4 nitrogen and oxygen atoms in total. The Morgan fingerprint density at radius 2 is 1.21 bits per heavy atom. The number of ether oxygens (including phenoxy) is 2. The molecule has 3 aromatic carbocycles. The van der Waals surface area contributed by atoms with Gasteiger partial charge in [-0.3, -0.25) is 4.79 Å². The highest BCUT2D eigenvalue weighted by molar-refractivity contribution is 6.00. The van der Waals surface area contributed by atoms with E-state index < -0.39 is 12.1 Å². The predicted molar refractivity (Wildman–Crippen MR) is 108 cm³/mol. The molecule has 0 spiro atoms. The van der Waals surface area contributed by atoms with Gasteiger partial charge < -0.3 is 9.47 Å². The second-order valence-corrected chi connectivity index (χ2v) is 6.65. The SMILES string of the molecule is COC(=O)c1ccc(O[C@@H](C(=O)c2ccc(C)cc2)c2ccc(C)cc2)cc1. The van der Waals surface area contributed by atoms with E-state index in [9.17, 15) is 9.59 Å². The van der Waals surface area contributed by atoms with Crippen molar-refractivity contribution in [1.29, 1.82) is 0 Å². The van der Waals surface area contributed by atoms with E-state index in [1.165, 1.54) is 7.11 Å². The monoisotopic (exact) mass is 374 g/mol. The Balaban J connectivity index is 1.92. The van der Waals surface area contributed by atoms with Crippen LogP contribution in [0, 0.1) is 13.8 Å². The first-order chi connectivity index (χ1) is 13.5. The molecule has 0 aliphatic rings. The second-order valence-electron chi connectivity index (χ2n) is 6.65. The summed E-state index contributed by atoms with van der Waals surface area (Å²) in [5.74, 6) is -0.0445. The normalized spacial score (nSPS) is 11.5. The van der Waals surface area contributed by atoms with Crippen LogP contribution in [0.25, 0.3) is 0 Å². The van der Waals surface area contributed by atoms with Gasteiger partial charge in [0.25, 0.3) is 0 Å². The van der Waals surface area contributed by atoms with Crippen molar-refractivity contribution in [2.75, 3.05) is 7.11 Å². The molecule has 0 N–H and O–H groups in total. The Bertz CT molecular complexity index is 955. The summed E-state index contributed by atoms with van der Waals surface area (Å²) >= 11 is 0. The van der Waals surface area contributed by atoms with E-state index in [2.05, 4.69) is 0 Å². The van der Waals surface area contributed by atoms with E-state index in [4.69, 9.17) is 9.47 Å². The van der Waals surface area contributed by atoms with Gasteiger partial charge in [0.15, 0.2) is 6.10 Å². The first kappa shape index (κ1) is 19.4. The Morgan fingerprint density at radius 3 is 1.75 bits per heavy atom. The van der Waals surface area contributed by atoms with Gasteiger partial charge >= 0.3 is 5.97 Å². The molecule has 0 amide bonds. The summed E-state index contributed by atoms with van der Waals surface area (Å²) in [7, 11) is 1.33. The fourth-order valence-electron chi connectivity index (χ4n) is 2.81. The summed E-state index contributed by atoms with van der Waals surface area (Å²) < 4.78 is 10.8.